The van der Waals surface area contributed by atoms with E-state index in [1.54, 1.807) is 0 Å². The maximum Gasteiger partial charge on any atom is 0.159 e. The molecule has 0 nitrogen and oxygen atoms in total. The highest BCUT2D eigenvalue weighted by Crippen LogP contribution is 1.99. The molecule has 0 spiro atoms. The average molecular weight is 121 g/mol. The van der Waals surface area contributed by atoms with E-state index in [2.05, 4.69) is 0 Å². The first-order chi connectivity index (χ1) is 4.43. The van der Waals surface area contributed by atoms with Gasteiger partial charge in [0.25, 0.3) is 0 Å². The summed E-state index contributed by atoms with van der Waals surface area (Å²) in [5, 5.41) is 0. The molecule has 1 rings (SSSR count). The first kappa shape index (κ1) is 6.02. The van der Waals surface area contributed by atoms with Crippen molar-refractivity contribution >= 4 is 6.08 Å². The van der Waals surface area contributed by atoms with Gasteiger partial charge in [0.05, 0.1) is 0 Å². The summed E-state index contributed by atoms with van der Waals surface area (Å²) in [6.07, 6.45) is 2.75. The standard InChI is InChI=1S/C8H6F/c9-7-6-8-4-2-1-3-5-8/h1-6H. The first-order valence-corrected chi connectivity index (χ1v) is 2.68. The summed E-state index contributed by atoms with van der Waals surface area (Å²) in [5.74, 6) is 0. The first-order valence-electron chi connectivity index (χ1n) is 2.68. The Morgan fingerprint density at radius 1 is 1.22 bits per heavy atom. The molecule has 0 unspecified atom stereocenters. The van der Waals surface area contributed by atoms with Crippen LogP contribution in [0.5, 0.6) is 0 Å². The predicted molar refractivity (Wildman–Crippen MR) is 35.3 cm³/mol. The van der Waals surface area contributed by atoms with Crippen LogP contribution in [0.4, 0.5) is 4.39 Å². The van der Waals surface area contributed by atoms with Gasteiger partial charge in [-0.2, -0.15) is 0 Å². The molecule has 0 aliphatic rings. The van der Waals surface area contributed by atoms with Crippen molar-refractivity contribution in [2.45, 2.75) is 0 Å². The van der Waals surface area contributed by atoms with Crippen molar-refractivity contribution in [1.82, 2.24) is 0 Å². The molecule has 0 aromatic heterocycles. The number of halogens is 1. The zero-order chi connectivity index (χ0) is 6.53. The van der Waals surface area contributed by atoms with Crippen molar-refractivity contribution in [3.05, 3.63) is 42.2 Å². The van der Waals surface area contributed by atoms with Crippen LogP contribution in [0.25, 0.3) is 6.08 Å². The molecule has 0 atom stereocenters. The Kier molecular flexibility index (Phi) is 2.02. The van der Waals surface area contributed by atoms with Crippen molar-refractivity contribution in [2.24, 2.45) is 0 Å². The van der Waals surface area contributed by atoms with Gasteiger partial charge in [-0.3, -0.25) is 0 Å². The normalized spacial score (nSPS) is 10.3. The molecule has 0 saturated carbocycles. The molecule has 0 amide bonds. The zero-order valence-electron chi connectivity index (χ0n) is 4.84. The highest BCUT2D eigenvalue weighted by atomic mass is 19.1. The molecule has 0 fully saturated rings. The highest BCUT2D eigenvalue weighted by Gasteiger charge is 1.79. The molecule has 0 bridgehead atoms. The van der Waals surface area contributed by atoms with E-state index in [4.69, 9.17) is 0 Å². The summed E-state index contributed by atoms with van der Waals surface area (Å²) < 4.78 is 11.4. The third-order valence-electron chi connectivity index (χ3n) is 1.02. The summed E-state index contributed by atoms with van der Waals surface area (Å²) >= 11 is 0. The van der Waals surface area contributed by atoms with Crippen LogP contribution in [0.3, 0.4) is 0 Å². The van der Waals surface area contributed by atoms with Gasteiger partial charge >= 0.3 is 0 Å². The molecule has 1 aromatic carbocycles. The summed E-state index contributed by atoms with van der Waals surface area (Å²) in [6.45, 7) is 0. The van der Waals surface area contributed by atoms with E-state index in [-0.39, 0.29) is 0 Å². The highest BCUT2D eigenvalue weighted by molar-refractivity contribution is 5.45. The van der Waals surface area contributed by atoms with Crippen LogP contribution in [0.15, 0.2) is 30.3 Å². The summed E-state index contributed by atoms with van der Waals surface area (Å²) in [5.41, 5.74) is 0.833. The van der Waals surface area contributed by atoms with Crippen molar-refractivity contribution < 1.29 is 4.39 Å². The molecular weight excluding hydrogens is 115 g/mol. The Labute approximate surface area is 53.6 Å². The van der Waals surface area contributed by atoms with Gasteiger partial charge in [0.1, 0.15) is 0 Å². The van der Waals surface area contributed by atoms with Crippen molar-refractivity contribution in [1.29, 1.82) is 0 Å². The lowest BCUT2D eigenvalue weighted by molar-refractivity contribution is 0.691. The third-order valence-corrected chi connectivity index (χ3v) is 1.02. The van der Waals surface area contributed by atoms with Crippen LogP contribution in [-0.4, -0.2) is 0 Å². The second-order valence-corrected chi connectivity index (χ2v) is 1.66. The summed E-state index contributed by atoms with van der Waals surface area (Å²) in [6, 6.07) is 9.21. The number of hydrogen-bond donors (Lipinski definition) is 0. The Hall–Kier alpha value is -1.11. The van der Waals surface area contributed by atoms with E-state index >= 15 is 0 Å². The molecule has 1 aromatic rings. The van der Waals surface area contributed by atoms with Crippen LogP contribution in [0, 0.1) is 6.33 Å². The Balaban J connectivity index is 2.85. The van der Waals surface area contributed by atoms with E-state index in [1.165, 1.54) is 12.4 Å². The third kappa shape index (κ3) is 1.68. The minimum Gasteiger partial charge on any atom is -0.204 e. The van der Waals surface area contributed by atoms with Gasteiger partial charge in [-0.1, -0.05) is 30.3 Å². The van der Waals surface area contributed by atoms with Crippen molar-refractivity contribution in [3.8, 4) is 0 Å². The van der Waals surface area contributed by atoms with Gasteiger partial charge in [0.15, 0.2) is 6.33 Å². The second-order valence-electron chi connectivity index (χ2n) is 1.66. The molecule has 1 radical (unpaired) electrons. The topological polar surface area (TPSA) is 0 Å². The van der Waals surface area contributed by atoms with Crippen LogP contribution in [-0.2, 0) is 0 Å². The Bertz CT molecular complexity index is 189. The predicted octanol–water partition coefficient (Wildman–Crippen LogP) is 2.43. The lowest BCUT2D eigenvalue weighted by Gasteiger charge is -1.85. The lowest BCUT2D eigenvalue weighted by atomic mass is 10.2. The fourth-order valence-corrected chi connectivity index (χ4v) is 0.612. The second kappa shape index (κ2) is 3.02. The van der Waals surface area contributed by atoms with Gasteiger partial charge < -0.3 is 0 Å². The van der Waals surface area contributed by atoms with E-state index < -0.39 is 0 Å². The minimum absolute atomic E-state index is 0.833. The van der Waals surface area contributed by atoms with Gasteiger partial charge in [-0.25, -0.2) is 4.39 Å². The maximum absolute atomic E-state index is 11.4. The smallest absolute Gasteiger partial charge is 0.159 e. The van der Waals surface area contributed by atoms with E-state index in [9.17, 15) is 4.39 Å². The number of rotatable bonds is 1. The SMILES string of the molecule is F/[C]=C/c1ccccc1. The fourth-order valence-electron chi connectivity index (χ4n) is 0.612. The summed E-state index contributed by atoms with van der Waals surface area (Å²) in [7, 11) is 0. The molecule has 45 valence electrons. The number of hydrogen-bond acceptors (Lipinski definition) is 0. The van der Waals surface area contributed by atoms with Crippen LogP contribution in [0.1, 0.15) is 5.56 Å². The Morgan fingerprint density at radius 2 is 1.89 bits per heavy atom. The minimum atomic E-state index is 0.833. The molecule has 0 heterocycles. The molecular formula is C8H6F. The Morgan fingerprint density at radius 3 is 2.44 bits per heavy atom. The molecule has 0 saturated heterocycles. The quantitative estimate of drug-likeness (QED) is 0.535. The van der Waals surface area contributed by atoms with Crippen molar-refractivity contribution in [2.75, 3.05) is 0 Å². The van der Waals surface area contributed by atoms with E-state index in [0.29, 0.717) is 0 Å². The average Bonchev–Trinajstić information content (AvgIpc) is 1.91. The van der Waals surface area contributed by atoms with Gasteiger partial charge in [0.2, 0.25) is 0 Å². The lowest BCUT2D eigenvalue weighted by Crippen LogP contribution is -1.65. The fraction of sp³-hybridized carbons (Fsp3) is 0. The van der Waals surface area contributed by atoms with Gasteiger partial charge in [0, 0.05) is 0 Å². The van der Waals surface area contributed by atoms with Crippen LogP contribution < -0.4 is 0 Å². The summed E-state index contributed by atoms with van der Waals surface area (Å²) in [4.78, 5) is 0. The largest absolute Gasteiger partial charge is 0.204 e. The van der Waals surface area contributed by atoms with Gasteiger partial charge in [-0.05, 0) is 11.6 Å². The molecule has 0 N–H and O–H groups in total. The molecule has 9 heavy (non-hydrogen) atoms. The van der Waals surface area contributed by atoms with E-state index in [0.717, 1.165) is 5.56 Å². The molecule has 0 aliphatic carbocycles. The van der Waals surface area contributed by atoms with Crippen LogP contribution >= 0.6 is 0 Å². The maximum atomic E-state index is 11.4. The molecule has 0 aliphatic heterocycles. The van der Waals surface area contributed by atoms with Crippen molar-refractivity contribution in [3.63, 3.8) is 0 Å². The monoisotopic (exact) mass is 121 g/mol. The van der Waals surface area contributed by atoms with E-state index in [1.807, 2.05) is 30.3 Å². The number of benzene rings is 1. The van der Waals surface area contributed by atoms with Crippen LogP contribution in [0.2, 0.25) is 0 Å². The van der Waals surface area contributed by atoms with Gasteiger partial charge in [-0.15, -0.1) is 0 Å². The molecule has 1 heteroatoms. The zero-order valence-corrected chi connectivity index (χ0v) is 4.84.